The van der Waals surface area contributed by atoms with Gasteiger partial charge in [-0.25, -0.2) is 0 Å². The summed E-state index contributed by atoms with van der Waals surface area (Å²) in [5.74, 6) is 0. The molecule has 0 aliphatic heterocycles. The van der Waals surface area contributed by atoms with Gasteiger partial charge in [0.1, 0.15) is 0 Å². The van der Waals surface area contributed by atoms with Crippen molar-refractivity contribution < 1.29 is 0 Å². The zero-order chi connectivity index (χ0) is 10.1. The highest BCUT2D eigenvalue weighted by molar-refractivity contribution is 5.17. The van der Waals surface area contributed by atoms with Gasteiger partial charge in [0.2, 0.25) is 0 Å². The molecule has 80 valence electrons. The van der Waals surface area contributed by atoms with Crippen LogP contribution in [0.3, 0.4) is 0 Å². The lowest BCUT2D eigenvalue weighted by Gasteiger charge is -2.05. The van der Waals surface area contributed by atoms with E-state index in [9.17, 15) is 0 Å². The maximum absolute atomic E-state index is 2.36. The summed E-state index contributed by atoms with van der Waals surface area (Å²) in [6.45, 7) is 2.16. The van der Waals surface area contributed by atoms with Gasteiger partial charge in [0, 0.05) is 0 Å². The molecule has 0 atom stereocenters. The van der Waals surface area contributed by atoms with E-state index in [0.29, 0.717) is 0 Å². The van der Waals surface area contributed by atoms with Gasteiger partial charge in [-0.2, -0.15) is 0 Å². The zero-order valence-corrected chi connectivity index (χ0v) is 9.60. The van der Waals surface area contributed by atoms with Crippen molar-refractivity contribution in [1.82, 2.24) is 0 Å². The van der Waals surface area contributed by atoms with Crippen LogP contribution in [0.5, 0.6) is 0 Å². The highest BCUT2D eigenvalue weighted by Crippen LogP contribution is 2.15. The van der Waals surface area contributed by atoms with Gasteiger partial charge in [0.15, 0.2) is 0 Å². The Morgan fingerprint density at radius 2 is 1.57 bits per heavy atom. The second kappa shape index (κ2) is 7.84. The van der Waals surface area contributed by atoms with Crippen LogP contribution in [0.2, 0.25) is 0 Å². The van der Waals surface area contributed by atoms with Crippen LogP contribution in [0, 0.1) is 0 Å². The first-order chi connectivity index (χ1) is 6.93. The molecule has 0 aromatic heterocycles. The predicted octanol–water partition coefficient (Wildman–Crippen LogP) is 5.01. The molecule has 0 amide bonds. The smallest absolute Gasteiger partial charge is 0.0282 e. The molecule has 1 aliphatic carbocycles. The molecule has 0 aromatic rings. The van der Waals surface area contributed by atoms with Gasteiger partial charge in [-0.3, -0.25) is 0 Å². The van der Waals surface area contributed by atoms with Crippen LogP contribution in [-0.2, 0) is 0 Å². The average molecular weight is 192 g/mol. The van der Waals surface area contributed by atoms with E-state index < -0.39 is 0 Å². The predicted molar refractivity (Wildman–Crippen MR) is 64.5 cm³/mol. The summed E-state index contributed by atoms with van der Waals surface area (Å²) in [6.07, 6.45) is 19.5. The van der Waals surface area contributed by atoms with Crippen molar-refractivity contribution in [1.29, 1.82) is 0 Å². The molecule has 14 heavy (non-hydrogen) atoms. The summed E-state index contributed by atoms with van der Waals surface area (Å²) in [5, 5.41) is 0. The molecule has 0 saturated heterocycles. The first-order valence-electron chi connectivity index (χ1n) is 6.25. The summed E-state index contributed by atoms with van der Waals surface area (Å²) in [5.41, 5.74) is 1.53. The molecule has 0 fully saturated rings. The fraction of sp³-hybridized carbons (Fsp3) is 0.714. The Morgan fingerprint density at radius 1 is 0.929 bits per heavy atom. The van der Waals surface area contributed by atoms with Crippen LogP contribution in [0.15, 0.2) is 23.8 Å². The third kappa shape index (κ3) is 5.26. The molecule has 0 saturated carbocycles. The highest BCUT2D eigenvalue weighted by Gasteiger charge is 1.96. The largest absolute Gasteiger partial charge is 0.0845 e. The van der Waals surface area contributed by atoms with E-state index in [2.05, 4.69) is 25.2 Å². The van der Waals surface area contributed by atoms with Gasteiger partial charge in [-0.05, 0) is 32.6 Å². The normalized spacial score (nSPS) is 26.5. The summed E-state index contributed by atoms with van der Waals surface area (Å²) < 4.78 is 0. The maximum Gasteiger partial charge on any atom is -0.0282 e. The van der Waals surface area contributed by atoms with Crippen LogP contribution in [0.4, 0.5) is 0 Å². The molecule has 0 N–H and O–H groups in total. The summed E-state index contributed by atoms with van der Waals surface area (Å²) in [4.78, 5) is 0. The van der Waals surface area contributed by atoms with E-state index in [1.807, 2.05) is 0 Å². The SMILES string of the molecule is CC=C1/C=C\CCCCCCCCC1. The van der Waals surface area contributed by atoms with Crippen molar-refractivity contribution in [2.75, 3.05) is 0 Å². The Balaban J connectivity index is 2.36. The van der Waals surface area contributed by atoms with Crippen molar-refractivity contribution in [3.63, 3.8) is 0 Å². The van der Waals surface area contributed by atoms with Crippen LogP contribution < -0.4 is 0 Å². The second-order valence-corrected chi connectivity index (χ2v) is 4.28. The lowest BCUT2D eigenvalue weighted by Crippen LogP contribution is -1.85. The molecule has 0 heterocycles. The van der Waals surface area contributed by atoms with E-state index in [-0.39, 0.29) is 0 Å². The Labute approximate surface area is 89.1 Å². The fourth-order valence-electron chi connectivity index (χ4n) is 2.03. The van der Waals surface area contributed by atoms with Gasteiger partial charge in [-0.15, -0.1) is 0 Å². The number of rotatable bonds is 0. The molecule has 0 radical (unpaired) electrons. The quantitative estimate of drug-likeness (QED) is 0.506. The van der Waals surface area contributed by atoms with Crippen molar-refractivity contribution in [2.24, 2.45) is 0 Å². The molecule has 1 rings (SSSR count). The molecule has 0 heteroatoms. The first-order valence-corrected chi connectivity index (χ1v) is 6.25. The van der Waals surface area contributed by atoms with E-state index >= 15 is 0 Å². The van der Waals surface area contributed by atoms with Crippen molar-refractivity contribution in [3.05, 3.63) is 23.8 Å². The highest BCUT2D eigenvalue weighted by atomic mass is 14.0. The lowest BCUT2D eigenvalue weighted by atomic mass is 10.0. The second-order valence-electron chi connectivity index (χ2n) is 4.28. The summed E-state index contributed by atoms with van der Waals surface area (Å²) >= 11 is 0. The van der Waals surface area contributed by atoms with E-state index in [1.54, 1.807) is 0 Å². The lowest BCUT2D eigenvalue weighted by molar-refractivity contribution is 0.579. The molecule has 0 unspecified atom stereocenters. The zero-order valence-electron chi connectivity index (χ0n) is 9.60. The molecule has 0 bridgehead atoms. The molecule has 0 nitrogen and oxygen atoms in total. The minimum atomic E-state index is 1.28. The van der Waals surface area contributed by atoms with Gasteiger partial charge in [0.05, 0.1) is 0 Å². The van der Waals surface area contributed by atoms with Crippen molar-refractivity contribution in [3.8, 4) is 0 Å². The van der Waals surface area contributed by atoms with Crippen molar-refractivity contribution in [2.45, 2.75) is 64.7 Å². The van der Waals surface area contributed by atoms with Gasteiger partial charge < -0.3 is 0 Å². The van der Waals surface area contributed by atoms with E-state index in [0.717, 1.165) is 0 Å². The van der Waals surface area contributed by atoms with E-state index in [4.69, 9.17) is 0 Å². The number of hydrogen-bond acceptors (Lipinski definition) is 0. The van der Waals surface area contributed by atoms with Crippen LogP contribution in [0.1, 0.15) is 64.7 Å². The maximum atomic E-state index is 2.36. The average Bonchev–Trinajstić information content (AvgIpc) is 2.19. The fourth-order valence-corrected chi connectivity index (χ4v) is 2.03. The third-order valence-corrected chi connectivity index (χ3v) is 3.04. The minimum absolute atomic E-state index is 1.28. The monoisotopic (exact) mass is 192 g/mol. The molecule has 0 spiro atoms. The Hall–Kier alpha value is -0.520. The topological polar surface area (TPSA) is 0 Å². The van der Waals surface area contributed by atoms with Crippen LogP contribution in [0.25, 0.3) is 0 Å². The first kappa shape index (κ1) is 11.6. The van der Waals surface area contributed by atoms with Crippen molar-refractivity contribution >= 4 is 0 Å². The minimum Gasteiger partial charge on any atom is -0.0845 e. The third-order valence-electron chi connectivity index (χ3n) is 3.04. The Bertz CT molecular complexity index is 186. The number of allylic oxidation sites excluding steroid dienone is 4. The van der Waals surface area contributed by atoms with Crippen LogP contribution >= 0.6 is 0 Å². The van der Waals surface area contributed by atoms with Gasteiger partial charge in [-0.1, -0.05) is 55.9 Å². The number of hydrogen-bond donors (Lipinski definition) is 0. The standard InChI is InChI=1S/C14H24/c1-2-14-12-10-8-6-4-3-5-7-9-11-13-14/h2,10,12H,3-9,11,13H2,1H3/b12-10-,14-2?. The summed E-state index contributed by atoms with van der Waals surface area (Å²) in [6, 6.07) is 0. The molecular formula is C14H24. The van der Waals surface area contributed by atoms with Crippen LogP contribution in [-0.4, -0.2) is 0 Å². The molecule has 1 aliphatic rings. The van der Waals surface area contributed by atoms with Gasteiger partial charge in [0.25, 0.3) is 0 Å². The summed E-state index contributed by atoms with van der Waals surface area (Å²) in [7, 11) is 0. The van der Waals surface area contributed by atoms with Gasteiger partial charge >= 0.3 is 0 Å². The van der Waals surface area contributed by atoms with E-state index in [1.165, 1.54) is 63.4 Å². The molecule has 0 aromatic carbocycles. The Morgan fingerprint density at radius 3 is 2.29 bits per heavy atom. The molecular weight excluding hydrogens is 168 g/mol. The Kier molecular flexibility index (Phi) is 6.47.